The van der Waals surface area contributed by atoms with Crippen molar-refractivity contribution in [3.8, 4) is 5.75 Å². The quantitative estimate of drug-likeness (QED) is 0.255. The molecule has 2 aromatic rings. The van der Waals surface area contributed by atoms with E-state index in [9.17, 15) is 19.5 Å². The fourth-order valence-electron chi connectivity index (χ4n) is 4.57. The molecule has 3 atom stereocenters. The number of ether oxygens (including phenoxy) is 1. The molecule has 0 aliphatic rings. The first-order chi connectivity index (χ1) is 18.8. The van der Waals surface area contributed by atoms with E-state index in [1.807, 2.05) is 45.9 Å². The summed E-state index contributed by atoms with van der Waals surface area (Å²) in [5, 5.41) is 16.1. The van der Waals surface area contributed by atoms with Gasteiger partial charge >= 0.3 is 6.09 Å². The predicted molar refractivity (Wildman–Crippen MR) is 159 cm³/mol. The molecule has 0 radical (unpaired) electrons. The monoisotopic (exact) mass is 553 g/mol. The van der Waals surface area contributed by atoms with Crippen molar-refractivity contribution in [3.63, 3.8) is 0 Å². The van der Waals surface area contributed by atoms with E-state index in [0.29, 0.717) is 30.6 Å². The number of aryl methyl sites for hydroxylation is 2. The molecule has 0 bridgehead atoms. The summed E-state index contributed by atoms with van der Waals surface area (Å²) in [5.74, 6) is -0.997. The van der Waals surface area contributed by atoms with Crippen LogP contribution >= 0.6 is 0 Å². The Kier molecular flexibility index (Phi) is 12.0. The zero-order chi connectivity index (χ0) is 30.0. The molecule has 0 aliphatic heterocycles. The first-order valence-electron chi connectivity index (χ1n) is 14.2. The van der Waals surface area contributed by atoms with E-state index < -0.39 is 29.7 Å². The Hall–Kier alpha value is -3.55. The van der Waals surface area contributed by atoms with Gasteiger partial charge in [0.15, 0.2) is 0 Å². The number of phenolic OH excluding ortho intramolecular Hbond substituents is 1. The van der Waals surface area contributed by atoms with Crippen LogP contribution in [-0.2, 0) is 14.3 Å². The van der Waals surface area contributed by atoms with Crippen LogP contribution in [0.1, 0.15) is 90.0 Å². The number of hydrogen-bond acceptors (Lipinski definition) is 5. The van der Waals surface area contributed by atoms with E-state index in [2.05, 4.69) is 17.6 Å². The number of para-hydroxylation sites is 1. The minimum Gasteiger partial charge on any atom is -0.508 e. The van der Waals surface area contributed by atoms with Gasteiger partial charge in [0, 0.05) is 12.2 Å². The van der Waals surface area contributed by atoms with Crippen molar-refractivity contribution in [2.45, 2.75) is 98.8 Å². The molecular weight excluding hydrogens is 506 g/mol. The van der Waals surface area contributed by atoms with Crippen LogP contribution in [0.5, 0.6) is 5.75 Å². The van der Waals surface area contributed by atoms with E-state index in [0.717, 1.165) is 24.0 Å². The summed E-state index contributed by atoms with van der Waals surface area (Å²) in [5.41, 5.74) is 2.23. The normalized spacial score (nSPS) is 13.6. The molecule has 2 rings (SSSR count). The molecule has 0 saturated heterocycles. The standard InChI is InChI=1S/C32H47N3O5/c1-9-11-12-19-35(30(38)27(21(3)10-2)34-31(39)40-32(6,7)8)28(24-17-14-18-25(36)20-24)29(37)33-26-22(4)15-13-16-23(26)5/h13-18,20-21,27-28,36H,9-12,19H2,1-8H3,(H,33,37)(H,34,39). The number of amides is 3. The average molecular weight is 554 g/mol. The van der Waals surface area contributed by atoms with Crippen molar-refractivity contribution in [2.24, 2.45) is 5.92 Å². The van der Waals surface area contributed by atoms with Crippen molar-refractivity contribution in [1.29, 1.82) is 0 Å². The summed E-state index contributed by atoms with van der Waals surface area (Å²) in [6.45, 7) is 15.3. The highest BCUT2D eigenvalue weighted by molar-refractivity contribution is 6.00. The van der Waals surface area contributed by atoms with Gasteiger partial charge in [0.25, 0.3) is 5.91 Å². The highest BCUT2D eigenvalue weighted by atomic mass is 16.6. The maximum absolute atomic E-state index is 14.3. The maximum atomic E-state index is 14.3. The third-order valence-corrected chi connectivity index (χ3v) is 6.91. The molecule has 0 spiro atoms. The largest absolute Gasteiger partial charge is 0.508 e. The van der Waals surface area contributed by atoms with E-state index in [1.165, 1.54) is 12.1 Å². The fourth-order valence-corrected chi connectivity index (χ4v) is 4.57. The van der Waals surface area contributed by atoms with Gasteiger partial charge in [-0.25, -0.2) is 4.79 Å². The van der Waals surface area contributed by atoms with Gasteiger partial charge in [-0.2, -0.15) is 0 Å². The van der Waals surface area contributed by atoms with Gasteiger partial charge in [-0.1, -0.05) is 70.4 Å². The third-order valence-electron chi connectivity index (χ3n) is 6.91. The summed E-state index contributed by atoms with van der Waals surface area (Å²) in [6.07, 6.45) is 2.41. The number of rotatable bonds is 12. The minimum atomic E-state index is -1.04. The van der Waals surface area contributed by atoms with Crippen molar-refractivity contribution in [3.05, 3.63) is 59.2 Å². The zero-order valence-corrected chi connectivity index (χ0v) is 25.3. The third kappa shape index (κ3) is 9.28. The average Bonchev–Trinajstić information content (AvgIpc) is 2.87. The summed E-state index contributed by atoms with van der Waals surface area (Å²) in [6, 6.07) is 10.2. The zero-order valence-electron chi connectivity index (χ0n) is 25.3. The lowest BCUT2D eigenvalue weighted by Gasteiger charge is -2.36. The van der Waals surface area contributed by atoms with Crippen LogP contribution in [0, 0.1) is 19.8 Å². The first-order valence-corrected chi connectivity index (χ1v) is 14.2. The van der Waals surface area contributed by atoms with E-state index in [1.54, 1.807) is 37.8 Å². The number of hydrogen-bond donors (Lipinski definition) is 3. The highest BCUT2D eigenvalue weighted by Crippen LogP contribution is 2.30. The van der Waals surface area contributed by atoms with Crippen LogP contribution in [0.3, 0.4) is 0 Å². The van der Waals surface area contributed by atoms with Crippen LogP contribution in [0.15, 0.2) is 42.5 Å². The lowest BCUT2D eigenvalue weighted by atomic mass is 9.95. The molecule has 0 aromatic heterocycles. The van der Waals surface area contributed by atoms with E-state index in [-0.39, 0.29) is 17.6 Å². The number of aromatic hydroxyl groups is 1. The molecule has 3 N–H and O–H groups in total. The lowest BCUT2D eigenvalue weighted by Crippen LogP contribution is -2.55. The Balaban J connectivity index is 2.60. The van der Waals surface area contributed by atoms with Crippen molar-refractivity contribution in [1.82, 2.24) is 10.2 Å². The minimum absolute atomic E-state index is 0.00585. The number of benzene rings is 2. The topological polar surface area (TPSA) is 108 Å². The second-order valence-corrected chi connectivity index (χ2v) is 11.5. The van der Waals surface area contributed by atoms with Gasteiger partial charge in [-0.3, -0.25) is 9.59 Å². The lowest BCUT2D eigenvalue weighted by molar-refractivity contribution is -0.142. The first kappa shape index (κ1) is 32.7. The number of carbonyl (C=O) groups is 3. The van der Waals surface area contributed by atoms with Gasteiger partial charge < -0.3 is 25.4 Å². The van der Waals surface area contributed by atoms with Crippen LogP contribution in [-0.4, -0.2) is 46.1 Å². The molecule has 0 heterocycles. The maximum Gasteiger partial charge on any atom is 0.408 e. The molecule has 0 aliphatic carbocycles. The molecule has 8 nitrogen and oxygen atoms in total. The highest BCUT2D eigenvalue weighted by Gasteiger charge is 2.38. The molecule has 220 valence electrons. The summed E-state index contributed by atoms with van der Waals surface area (Å²) < 4.78 is 5.47. The fraction of sp³-hybridized carbons (Fsp3) is 0.531. The Morgan fingerprint density at radius 2 is 1.62 bits per heavy atom. The van der Waals surface area contributed by atoms with Gasteiger partial charge in [-0.15, -0.1) is 0 Å². The Morgan fingerprint density at radius 1 is 1.00 bits per heavy atom. The summed E-state index contributed by atoms with van der Waals surface area (Å²) in [4.78, 5) is 42.8. The number of unbranched alkanes of at least 4 members (excludes halogenated alkanes) is 2. The SMILES string of the molecule is CCCCCN(C(=O)C(NC(=O)OC(C)(C)C)C(C)CC)C(C(=O)Nc1c(C)cccc1C)c1cccc(O)c1. The number of alkyl carbamates (subject to hydrolysis) is 1. The van der Waals surface area contributed by atoms with Gasteiger partial charge in [-0.05, 0) is 75.8 Å². The molecule has 3 amide bonds. The number of nitrogens with one attached hydrogen (secondary N) is 2. The van der Waals surface area contributed by atoms with Gasteiger partial charge in [0.05, 0.1) is 0 Å². The number of carbonyl (C=O) groups excluding carboxylic acids is 3. The summed E-state index contributed by atoms with van der Waals surface area (Å²) >= 11 is 0. The molecule has 40 heavy (non-hydrogen) atoms. The van der Waals surface area contributed by atoms with E-state index >= 15 is 0 Å². The van der Waals surface area contributed by atoms with Crippen molar-refractivity contribution < 1.29 is 24.2 Å². The Labute approximate surface area is 239 Å². The predicted octanol–water partition coefficient (Wildman–Crippen LogP) is 6.65. The van der Waals surface area contributed by atoms with E-state index in [4.69, 9.17) is 4.74 Å². The molecule has 2 aromatic carbocycles. The van der Waals surface area contributed by atoms with Crippen molar-refractivity contribution >= 4 is 23.6 Å². The second-order valence-electron chi connectivity index (χ2n) is 11.5. The molecule has 0 fully saturated rings. The van der Waals surface area contributed by atoms with Gasteiger partial charge in [0.2, 0.25) is 5.91 Å². The van der Waals surface area contributed by atoms with Crippen molar-refractivity contribution in [2.75, 3.05) is 11.9 Å². The van der Waals surface area contributed by atoms with Gasteiger partial charge in [0.1, 0.15) is 23.4 Å². The number of nitrogens with zero attached hydrogens (tertiary/aromatic N) is 1. The van der Waals surface area contributed by atoms with Crippen LogP contribution in [0.4, 0.5) is 10.5 Å². The number of anilines is 1. The van der Waals surface area contributed by atoms with Crippen LogP contribution < -0.4 is 10.6 Å². The van der Waals surface area contributed by atoms with Crippen LogP contribution in [0.2, 0.25) is 0 Å². The van der Waals surface area contributed by atoms with Crippen LogP contribution in [0.25, 0.3) is 0 Å². The molecule has 3 unspecified atom stereocenters. The Bertz CT molecular complexity index is 1140. The Morgan fingerprint density at radius 3 is 2.17 bits per heavy atom. The molecule has 0 saturated carbocycles. The molecular formula is C32H47N3O5. The smallest absolute Gasteiger partial charge is 0.408 e. The molecule has 8 heteroatoms. The summed E-state index contributed by atoms with van der Waals surface area (Å²) in [7, 11) is 0. The number of phenols is 1. The second kappa shape index (κ2) is 14.7.